The van der Waals surface area contributed by atoms with Gasteiger partial charge in [-0.25, -0.2) is 8.42 Å². The maximum absolute atomic E-state index is 12.2. The normalized spacial score (nSPS) is 15.1. The van der Waals surface area contributed by atoms with Crippen LogP contribution in [0.1, 0.15) is 24.8 Å². The quantitative estimate of drug-likeness (QED) is 0.843. The molecule has 1 aromatic carbocycles. The molecule has 2 rings (SSSR count). The zero-order valence-corrected chi connectivity index (χ0v) is 11.7. The van der Waals surface area contributed by atoms with Crippen LogP contribution in [0.25, 0.3) is 0 Å². The van der Waals surface area contributed by atoms with Gasteiger partial charge in [-0.05, 0) is 37.1 Å². The maximum Gasteiger partial charge on any atom is 0.243 e. The highest BCUT2D eigenvalue weighted by atomic mass is 32.2. The SMILES string of the molecule is CN(C1CC1)S(=O)(=O)c1ccc(C#CCCO)cc1. The van der Waals surface area contributed by atoms with E-state index in [9.17, 15) is 8.42 Å². The number of aliphatic hydroxyl groups is 1. The van der Waals surface area contributed by atoms with Gasteiger partial charge in [-0.15, -0.1) is 0 Å². The van der Waals surface area contributed by atoms with Gasteiger partial charge in [0.25, 0.3) is 0 Å². The highest BCUT2D eigenvalue weighted by Crippen LogP contribution is 2.30. The van der Waals surface area contributed by atoms with Crippen molar-refractivity contribution in [1.29, 1.82) is 0 Å². The van der Waals surface area contributed by atoms with Gasteiger partial charge in [-0.2, -0.15) is 4.31 Å². The molecule has 1 N–H and O–H groups in total. The Kier molecular flexibility index (Phi) is 4.25. The first-order valence-electron chi connectivity index (χ1n) is 6.23. The number of aliphatic hydroxyl groups excluding tert-OH is 1. The third-order valence-corrected chi connectivity index (χ3v) is 4.99. The van der Waals surface area contributed by atoms with Crippen LogP contribution in [-0.4, -0.2) is 37.5 Å². The lowest BCUT2D eigenvalue weighted by Crippen LogP contribution is -2.28. The molecule has 0 aromatic heterocycles. The van der Waals surface area contributed by atoms with Gasteiger partial charge < -0.3 is 5.11 Å². The second-order valence-corrected chi connectivity index (χ2v) is 6.55. The van der Waals surface area contributed by atoms with Crippen molar-refractivity contribution in [1.82, 2.24) is 4.31 Å². The smallest absolute Gasteiger partial charge is 0.243 e. The summed E-state index contributed by atoms with van der Waals surface area (Å²) in [6.45, 7) is 0.0334. The predicted molar refractivity (Wildman–Crippen MR) is 73.0 cm³/mol. The lowest BCUT2D eigenvalue weighted by molar-refractivity contribution is 0.305. The van der Waals surface area contributed by atoms with Crippen molar-refractivity contribution in [2.75, 3.05) is 13.7 Å². The summed E-state index contributed by atoms with van der Waals surface area (Å²) >= 11 is 0. The van der Waals surface area contributed by atoms with E-state index < -0.39 is 10.0 Å². The number of hydrogen-bond donors (Lipinski definition) is 1. The summed E-state index contributed by atoms with van der Waals surface area (Å²) in [6.07, 6.45) is 2.31. The van der Waals surface area contributed by atoms with Crippen molar-refractivity contribution in [3.05, 3.63) is 29.8 Å². The van der Waals surface area contributed by atoms with E-state index in [1.165, 1.54) is 4.31 Å². The van der Waals surface area contributed by atoms with Crippen LogP contribution in [0.15, 0.2) is 29.2 Å². The molecule has 0 unspecified atom stereocenters. The third-order valence-electron chi connectivity index (χ3n) is 3.06. The first-order valence-corrected chi connectivity index (χ1v) is 7.67. The van der Waals surface area contributed by atoms with E-state index in [2.05, 4.69) is 11.8 Å². The van der Waals surface area contributed by atoms with Gasteiger partial charge in [-0.3, -0.25) is 0 Å². The minimum atomic E-state index is -3.37. The van der Waals surface area contributed by atoms with Crippen molar-refractivity contribution in [2.45, 2.75) is 30.2 Å². The molecular weight excluding hydrogens is 262 g/mol. The van der Waals surface area contributed by atoms with Crippen molar-refractivity contribution in [3.63, 3.8) is 0 Å². The number of benzene rings is 1. The van der Waals surface area contributed by atoms with Gasteiger partial charge in [0.2, 0.25) is 10.0 Å². The fraction of sp³-hybridized carbons (Fsp3) is 0.429. The Morgan fingerprint density at radius 3 is 2.47 bits per heavy atom. The molecule has 0 heterocycles. The topological polar surface area (TPSA) is 57.6 Å². The molecule has 0 atom stereocenters. The first kappa shape index (κ1) is 14.1. The Bertz CT molecular complexity index is 592. The van der Waals surface area contributed by atoms with Crippen molar-refractivity contribution < 1.29 is 13.5 Å². The Balaban J connectivity index is 2.16. The van der Waals surface area contributed by atoms with Gasteiger partial charge in [0.15, 0.2) is 0 Å². The van der Waals surface area contributed by atoms with Gasteiger partial charge in [0, 0.05) is 25.1 Å². The fourth-order valence-corrected chi connectivity index (χ4v) is 3.15. The van der Waals surface area contributed by atoms with Crippen LogP contribution < -0.4 is 0 Å². The average molecular weight is 279 g/mol. The van der Waals surface area contributed by atoms with Crippen LogP contribution in [0.5, 0.6) is 0 Å². The molecule has 1 aliphatic rings. The molecule has 0 amide bonds. The van der Waals surface area contributed by atoms with Gasteiger partial charge in [-0.1, -0.05) is 11.8 Å². The van der Waals surface area contributed by atoms with E-state index >= 15 is 0 Å². The van der Waals surface area contributed by atoms with Crippen LogP contribution in [0.2, 0.25) is 0 Å². The molecule has 5 heteroatoms. The van der Waals surface area contributed by atoms with Crippen molar-refractivity contribution in [2.24, 2.45) is 0 Å². The molecule has 1 aliphatic carbocycles. The molecular formula is C14H17NO3S. The van der Waals surface area contributed by atoms with Crippen LogP contribution in [-0.2, 0) is 10.0 Å². The molecule has 0 aliphatic heterocycles. The zero-order chi connectivity index (χ0) is 13.9. The van der Waals surface area contributed by atoms with Crippen LogP contribution in [0, 0.1) is 11.8 Å². The summed E-state index contributed by atoms with van der Waals surface area (Å²) in [5.74, 6) is 5.67. The summed E-state index contributed by atoms with van der Waals surface area (Å²) in [6, 6.07) is 6.71. The van der Waals surface area contributed by atoms with E-state index in [0.717, 1.165) is 18.4 Å². The summed E-state index contributed by atoms with van der Waals surface area (Å²) in [5.41, 5.74) is 0.751. The van der Waals surface area contributed by atoms with E-state index in [4.69, 9.17) is 5.11 Å². The predicted octanol–water partition coefficient (Wildman–Crippen LogP) is 1.20. The molecule has 19 heavy (non-hydrogen) atoms. The average Bonchev–Trinajstić information content (AvgIpc) is 3.23. The Hall–Kier alpha value is -1.35. The highest BCUT2D eigenvalue weighted by molar-refractivity contribution is 7.89. The Labute approximate surface area is 114 Å². The number of nitrogens with zero attached hydrogens (tertiary/aromatic N) is 1. The fourth-order valence-electron chi connectivity index (χ4n) is 1.73. The van der Waals surface area contributed by atoms with Crippen molar-refractivity contribution >= 4 is 10.0 Å². The molecule has 0 saturated heterocycles. The van der Waals surface area contributed by atoms with E-state index in [0.29, 0.717) is 11.3 Å². The number of rotatable bonds is 4. The lowest BCUT2D eigenvalue weighted by atomic mass is 10.2. The molecule has 1 saturated carbocycles. The molecule has 1 fully saturated rings. The lowest BCUT2D eigenvalue weighted by Gasteiger charge is -2.16. The van der Waals surface area contributed by atoms with Crippen LogP contribution in [0.4, 0.5) is 0 Å². The van der Waals surface area contributed by atoms with E-state index in [1.54, 1.807) is 31.3 Å². The first-order chi connectivity index (χ1) is 9.05. The zero-order valence-electron chi connectivity index (χ0n) is 10.8. The minimum Gasteiger partial charge on any atom is -0.395 e. The van der Waals surface area contributed by atoms with E-state index in [-0.39, 0.29) is 12.6 Å². The highest BCUT2D eigenvalue weighted by Gasteiger charge is 2.34. The maximum atomic E-state index is 12.2. The molecule has 4 nitrogen and oxygen atoms in total. The minimum absolute atomic E-state index is 0.0334. The van der Waals surface area contributed by atoms with Crippen LogP contribution >= 0.6 is 0 Å². The second kappa shape index (κ2) is 5.74. The van der Waals surface area contributed by atoms with Gasteiger partial charge in [0.1, 0.15) is 0 Å². The molecule has 0 spiro atoms. The summed E-state index contributed by atoms with van der Waals surface area (Å²) in [7, 11) is -1.75. The van der Waals surface area contributed by atoms with Crippen LogP contribution in [0.3, 0.4) is 0 Å². The standard InChI is InChI=1S/C14H17NO3S/c1-15(13-7-8-13)19(17,18)14-9-5-12(6-10-14)4-2-3-11-16/h5-6,9-10,13,16H,3,7-8,11H2,1H3. The van der Waals surface area contributed by atoms with Crippen molar-refractivity contribution in [3.8, 4) is 11.8 Å². The largest absolute Gasteiger partial charge is 0.395 e. The Morgan fingerprint density at radius 2 is 1.95 bits per heavy atom. The third kappa shape index (κ3) is 3.35. The molecule has 102 valence electrons. The molecule has 0 radical (unpaired) electrons. The monoisotopic (exact) mass is 279 g/mol. The summed E-state index contributed by atoms with van der Waals surface area (Å²) < 4.78 is 25.9. The number of hydrogen-bond acceptors (Lipinski definition) is 3. The molecule has 0 bridgehead atoms. The van der Waals surface area contributed by atoms with Gasteiger partial charge in [0.05, 0.1) is 11.5 Å². The molecule has 1 aromatic rings. The summed E-state index contributed by atoms with van der Waals surface area (Å²) in [5, 5.41) is 8.63. The van der Waals surface area contributed by atoms with Gasteiger partial charge >= 0.3 is 0 Å². The number of sulfonamides is 1. The second-order valence-electron chi connectivity index (χ2n) is 4.55. The Morgan fingerprint density at radius 1 is 1.32 bits per heavy atom. The van der Waals surface area contributed by atoms with E-state index in [1.807, 2.05) is 0 Å². The summed E-state index contributed by atoms with van der Waals surface area (Å²) in [4.78, 5) is 0.301.